The Labute approximate surface area is 206 Å². The van der Waals surface area contributed by atoms with Gasteiger partial charge in [0.2, 0.25) is 5.91 Å². The molecule has 0 saturated carbocycles. The Morgan fingerprint density at radius 2 is 1.71 bits per heavy atom. The van der Waals surface area contributed by atoms with Crippen molar-refractivity contribution in [1.82, 2.24) is 5.32 Å². The van der Waals surface area contributed by atoms with Gasteiger partial charge in [-0.1, -0.05) is 54.1 Å². The Balaban J connectivity index is 1.70. The number of sulfonamides is 1. The first-order chi connectivity index (χ1) is 16.3. The number of anilines is 1. The standard InChI is InChI=1S/C26H30N2O4S2/c1-20-8-7-9-22(16-20)19-33-15-14-27-26(29)18-28(24-17-21(2)12-13-25(24)32-3)34(30,31)23-10-5-4-6-11-23/h4-13,16-17H,14-15,18-19H2,1-3H3,(H,27,29). The quantitative estimate of drug-likeness (QED) is 0.393. The molecular formula is C26H30N2O4S2. The molecule has 0 bridgehead atoms. The molecule has 0 aliphatic carbocycles. The van der Waals surface area contributed by atoms with Gasteiger partial charge in [-0.25, -0.2) is 8.42 Å². The van der Waals surface area contributed by atoms with Crippen LogP contribution in [0.3, 0.4) is 0 Å². The van der Waals surface area contributed by atoms with Crippen LogP contribution < -0.4 is 14.4 Å². The number of benzene rings is 3. The minimum atomic E-state index is -3.99. The van der Waals surface area contributed by atoms with Gasteiger partial charge >= 0.3 is 0 Å². The Hall–Kier alpha value is -2.97. The van der Waals surface area contributed by atoms with Crippen LogP contribution in [0.4, 0.5) is 5.69 Å². The average Bonchev–Trinajstić information content (AvgIpc) is 2.83. The van der Waals surface area contributed by atoms with E-state index in [1.54, 1.807) is 42.1 Å². The largest absolute Gasteiger partial charge is 0.495 e. The van der Waals surface area contributed by atoms with E-state index in [0.29, 0.717) is 18.0 Å². The molecule has 0 atom stereocenters. The van der Waals surface area contributed by atoms with Gasteiger partial charge in [0.05, 0.1) is 17.7 Å². The van der Waals surface area contributed by atoms with E-state index < -0.39 is 10.0 Å². The van der Waals surface area contributed by atoms with Gasteiger partial charge in [-0.15, -0.1) is 0 Å². The predicted molar refractivity (Wildman–Crippen MR) is 139 cm³/mol. The number of nitrogens with zero attached hydrogens (tertiary/aromatic N) is 1. The first-order valence-corrected chi connectivity index (χ1v) is 13.5. The Morgan fingerprint density at radius 1 is 0.971 bits per heavy atom. The molecule has 0 spiro atoms. The highest BCUT2D eigenvalue weighted by Gasteiger charge is 2.29. The number of thioether (sulfide) groups is 1. The second kappa shape index (κ2) is 11.9. The Bertz CT molecular complexity index is 1210. The van der Waals surface area contributed by atoms with E-state index in [1.165, 1.54) is 30.4 Å². The highest BCUT2D eigenvalue weighted by Crippen LogP contribution is 2.33. The molecule has 34 heavy (non-hydrogen) atoms. The zero-order valence-electron chi connectivity index (χ0n) is 19.7. The molecule has 180 valence electrons. The molecule has 0 heterocycles. The molecule has 0 aliphatic heterocycles. The zero-order valence-corrected chi connectivity index (χ0v) is 21.3. The highest BCUT2D eigenvalue weighted by molar-refractivity contribution is 7.98. The molecule has 0 fully saturated rings. The third-order valence-electron chi connectivity index (χ3n) is 5.14. The van der Waals surface area contributed by atoms with Gasteiger partial charge in [0, 0.05) is 18.1 Å². The molecule has 3 rings (SSSR count). The molecule has 0 unspecified atom stereocenters. The maximum absolute atomic E-state index is 13.5. The third-order valence-corrected chi connectivity index (χ3v) is 7.95. The van der Waals surface area contributed by atoms with Crippen molar-refractivity contribution in [3.63, 3.8) is 0 Å². The molecular weight excluding hydrogens is 468 g/mol. The summed E-state index contributed by atoms with van der Waals surface area (Å²) >= 11 is 1.72. The molecule has 0 saturated heterocycles. The van der Waals surface area contributed by atoms with Crippen molar-refractivity contribution in [2.45, 2.75) is 24.5 Å². The van der Waals surface area contributed by atoms with Crippen LogP contribution in [0.2, 0.25) is 0 Å². The van der Waals surface area contributed by atoms with E-state index in [0.717, 1.165) is 21.4 Å². The van der Waals surface area contributed by atoms with E-state index >= 15 is 0 Å². The summed E-state index contributed by atoms with van der Waals surface area (Å²) < 4.78 is 33.5. The van der Waals surface area contributed by atoms with Gasteiger partial charge in [-0.3, -0.25) is 9.10 Å². The van der Waals surface area contributed by atoms with Crippen LogP contribution in [-0.2, 0) is 20.6 Å². The molecule has 0 aliphatic rings. The second-order valence-corrected chi connectivity index (χ2v) is 10.9. The number of aryl methyl sites for hydroxylation is 2. The minimum absolute atomic E-state index is 0.111. The van der Waals surface area contributed by atoms with Crippen LogP contribution in [0.25, 0.3) is 0 Å². The molecule has 3 aromatic carbocycles. The number of nitrogens with one attached hydrogen (secondary N) is 1. The van der Waals surface area contributed by atoms with Gasteiger partial charge in [-0.05, 0) is 49.2 Å². The maximum Gasteiger partial charge on any atom is 0.264 e. The van der Waals surface area contributed by atoms with Crippen LogP contribution in [0.15, 0.2) is 77.7 Å². The van der Waals surface area contributed by atoms with Crippen molar-refractivity contribution in [1.29, 1.82) is 0 Å². The molecule has 3 aromatic rings. The second-order valence-electron chi connectivity index (χ2n) is 7.89. The number of methoxy groups -OCH3 is 1. The molecule has 1 amide bonds. The lowest BCUT2D eigenvalue weighted by atomic mass is 10.2. The molecule has 1 N–H and O–H groups in total. The highest BCUT2D eigenvalue weighted by atomic mass is 32.2. The summed E-state index contributed by atoms with van der Waals surface area (Å²) in [5.41, 5.74) is 3.65. The van der Waals surface area contributed by atoms with E-state index in [9.17, 15) is 13.2 Å². The SMILES string of the molecule is COc1ccc(C)cc1N(CC(=O)NCCSCc1cccc(C)c1)S(=O)(=O)c1ccccc1. The van der Waals surface area contributed by atoms with Crippen molar-refractivity contribution < 1.29 is 17.9 Å². The van der Waals surface area contributed by atoms with Crippen molar-refractivity contribution in [3.05, 3.63) is 89.5 Å². The number of amides is 1. The van der Waals surface area contributed by atoms with Crippen molar-refractivity contribution in [2.75, 3.05) is 30.3 Å². The Morgan fingerprint density at radius 3 is 2.41 bits per heavy atom. The molecule has 0 aromatic heterocycles. The minimum Gasteiger partial charge on any atom is -0.495 e. The van der Waals surface area contributed by atoms with Crippen LogP contribution >= 0.6 is 11.8 Å². The molecule has 8 heteroatoms. The van der Waals surface area contributed by atoms with Crippen molar-refractivity contribution >= 4 is 33.4 Å². The summed E-state index contributed by atoms with van der Waals surface area (Å²) in [7, 11) is -2.51. The van der Waals surface area contributed by atoms with E-state index in [-0.39, 0.29) is 17.3 Å². The fourth-order valence-electron chi connectivity index (χ4n) is 3.46. The number of rotatable bonds is 11. The normalized spacial score (nSPS) is 11.1. The number of hydrogen-bond donors (Lipinski definition) is 1. The summed E-state index contributed by atoms with van der Waals surface area (Å²) in [6, 6.07) is 21.7. The molecule has 0 radical (unpaired) electrons. The number of ether oxygens (including phenoxy) is 1. The monoisotopic (exact) mass is 498 g/mol. The van der Waals surface area contributed by atoms with Crippen LogP contribution in [-0.4, -0.2) is 40.3 Å². The third kappa shape index (κ3) is 6.77. The van der Waals surface area contributed by atoms with Crippen molar-refractivity contribution in [3.8, 4) is 5.75 Å². The van der Waals surface area contributed by atoms with Crippen LogP contribution in [0.1, 0.15) is 16.7 Å². The molecule has 6 nitrogen and oxygen atoms in total. The first kappa shape index (κ1) is 25.6. The summed E-state index contributed by atoms with van der Waals surface area (Å²) in [5, 5.41) is 2.85. The maximum atomic E-state index is 13.5. The summed E-state index contributed by atoms with van der Waals surface area (Å²) in [5.74, 6) is 1.58. The van der Waals surface area contributed by atoms with Crippen LogP contribution in [0, 0.1) is 13.8 Å². The van der Waals surface area contributed by atoms with E-state index in [2.05, 4.69) is 30.4 Å². The van der Waals surface area contributed by atoms with Crippen LogP contribution in [0.5, 0.6) is 5.75 Å². The summed E-state index contributed by atoms with van der Waals surface area (Å²) in [4.78, 5) is 12.9. The number of carbonyl (C=O) groups is 1. The fourth-order valence-corrected chi connectivity index (χ4v) is 5.71. The lowest BCUT2D eigenvalue weighted by Gasteiger charge is -2.26. The van der Waals surface area contributed by atoms with E-state index in [1.807, 2.05) is 19.1 Å². The fraction of sp³-hybridized carbons (Fsp3) is 0.269. The number of carbonyl (C=O) groups excluding carboxylic acids is 1. The van der Waals surface area contributed by atoms with Gasteiger partial charge < -0.3 is 10.1 Å². The van der Waals surface area contributed by atoms with Crippen molar-refractivity contribution in [2.24, 2.45) is 0 Å². The lowest BCUT2D eigenvalue weighted by Crippen LogP contribution is -2.41. The Kier molecular flexibility index (Phi) is 9.01. The lowest BCUT2D eigenvalue weighted by molar-refractivity contribution is -0.119. The van der Waals surface area contributed by atoms with Gasteiger partial charge in [-0.2, -0.15) is 11.8 Å². The summed E-state index contributed by atoms with van der Waals surface area (Å²) in [6.45, 7) is 4.02. The van der Waals surface area contributed by atoms with Gasteiger partial charge in [0.25, 0.3) is 10.0 Å². The topological polar surface area (TPSA) is 75.7 Å². The van der Waals surface area contributed by atoms with E-state index in [4.69, 9.17) is 4.74 Å². The number of hydrogen-bond acceptors (Lipinski definition) is 5. The first-order valence-electron chi connectivity index (χ1n) is 10.9. The predicted octanol–water partition coefficient (Wildman–Crippen LogP) is 4.56. The smallest absolute Gasteiger partial charge is 0.264 e. The van der Waals surface area contributed by atoms with Gasteiger partial charge in [0.1, 0.15) is 12.3 Å². The average molecular weight is 499 g/mol. The van der Waals surface area contributed by atoms with Gasteiger partial charge in [0.15, 0.2) is 0 Å². The zero-order chi connectivity index (χ0) is 24.6. The summed E-state index contributed by atoms with van der Waals surface area (Å²) in [6.07, 6.45) is 0.